The highest BCUT2D eigenvalue weighted by Crippen LogP contribution is 2.38. The zero-order valence-electron chi connectivity index (χ0n) is 14.4. The molecular formula is C18H25N3O3S. The van der Waals surface area contributed by atoms with E-state index in [-0.39, 0.29) is 5.75 Å². The van der Waals surface area contributed by atoms with Gasteiger partial charge in [-0.25, -0.2) is 17.9 Å². The standard InChI is InChI=1S/C18H25N3O3S/c22-18(20-25(23,24)11-10-21-8-3-9-21)19-17-15-6-1-4-13(15)12-14-5-2-7-16(14)17/h12H,1-11H2,(H2,19,20,22). The van der Waals surface area contributed by atoms with Crippen LogP contribution in [0.5, 0.6) is 0 Å². The van der Waals surface area contributed by atoms with Gasteiger partial charge in [-0.15, -0.1) is 0 Å². The number of nitrogens with zero attached hydrogens (tertiary/aromatic N) is 1. The molecule has 0 aromatic heterocycles. The largest absolute Gasteiger partial charge is 0.332 e. The number of sulfonamides is 1. The summed E-state index contributed by atoms with van der Waals surface area (Å²) in [6.07, 6.45) is 7.34. The lowest BCUT2D eigenvalue weighted by Crippen LogP contribution is -2.43. The van der Waals surface area contributed by atoms with E-state index in [0.717, 1.165) is 63.7 Å². The minimum Gasteiger partial charge on any atom is -0.307 e. The molecule has 1 heterocycles. The van der Waals surface area contributed by atoms with Crippen LogP contribution in [-0.2, 0) is 35.7 Å². The molecule has 1 aromatic rings. The van der Waals surface area contributed by atoms with E-state index < -0.39 is 16.1 Å². The van der Waals surface area contributed by atoms with Crippen LogP contribution < -0.4 is 10.0 Å². The topological polar surface area (TPSA) is 78.5 Å². The van der Waals surface area contributed by atoms with Gasteiger partial charge in [-0.2, -0.15) is 0 Å². The molecule has 0 unspecified atom stereocenters. The molecule has 25 heavy (non-hydrogen) atoms. The highest BCUT2D eigenvalue weighted by Gasteiger charge is 2.26. The van der Waals surface area contributed by atoms with Crippen molar-refractivity contribution in [3.05, 3.63) is 28.3 Å². The molecule has 0 spiro atoms. The molecular weight excluding hydrogens is 338 g/mol. The maximum atomic E-state index is 12.3. The van der Waals surface area contributed by atoms with Gasteiger partial charge in [-0.3, -0.25) is 0 Å². The number of fused-ring (bicyclic) bond motifs is 2. The summed E-state index contributed by atoms with van der Waals surface area (Å²) < 4.78 is 26.5. The number of aryl methyl sites for hydroxylation is 2. The number of hydrogen-bond donors (Lipinski definition) is 2. The van der Waals surface area contributed by atoms with Crippen molar-refractivity contribution in [1.82, 2.24) is 9.62 Å². The minimum absolute atomic E-state index is 0.0363. The molecule has 0 bridgehead atoms. The maximum Gasteiger partial charge on any atom is 0.332 e. The van der Waals surface area contributed by atoms with Crippen molar-refractivity contribution in [1.29, 1.82) is 0 Å². The van der Waals surface area contributed by atoms with Crippen LogP contribution in [0.3, 0.4) is 0 Å². The molecule has 136 valence electrons. The lowest BCUT2D eigenvalue weighted by molar-refractivity contribution is 0.193. The molecule has 7 heteroatoms. The van der Waals surface area contributed by atoms with Crippen LogP contribution in [0.2, 0.25) is 0 Å². The molecule has 0 atom stereocenters. The molecule has 6 nitrogen and oxygen atoms in total. The molecule has 2 aliphatic carbocycles. The Bertz CT molecular complexity index is 768. The van der Waals surface area contributed by atoms with Crippen LogP contribution in [0.4, 0.5) is 10.5 Å². The fraction of sp³-hybridized carbons (Fsp3) is 0.611. The highest BCUT2D eigenvalue weighted by molar-refractivity contribution is 7.90. The second kappa shape index (κ2) is 6.61. The second-order valence-corrected chi connectivity index (χ2v) is 9.15. The Morgan fingerprint density at radius 1 is 1.00 bits per heavy atom. The van der Waals surface area contributed by atoms with E-state index in [1.807, 2.05) is 0 Å². The van der Waals surface area contributed by atoms with Crippen LogP contribution in [0.25, 0.3) is 0 Å². The molecule has 1 fully saturated rings. The van der Waals surface area contributed by atoms with Gasteiger partial charge < -0.3 is 10.2 Å². The van der Waals surface area contributed by atoms with E-state index in [1.165, 1.54) is 22.3 Å². The van der Waals surface area contributed by atoms with Gasteiger partial charge in [0.25, 0.3) is 0 Å². The van der Waals surface area contributed by atoms with Gasteiger partial charge in [0, 0.05) is 12.2 Å². The quantitative estimate of drug-likeness (QED) is 0.836. The molecule has 4 rings (SSSR count). The first-order valence-corrected chi connectivity index (χ1v) is 10.9. The molecule has 3 aliphatic rings. The fourth-order valence-electron chi connectivity index (χ4n) is 4.15. The number of carbonyl (C=O) groups excluding carboxylic acids is 1. The van der Waals surface area contributed by atoms with E-state index >= 15 is 0 Å². The van der Waals surface area contributed by atoms with Gasteiger partial charge in [0.05, 0.1) is 5.75 Å². The summed E-state index contributed by atoms with van der Waals surface area (Å²) in [5.74, 6) is -0.0363. The summed E-state index contributed by atoms with van der Waals surface area (Å²) >= 11 is 0. The lowest BCUT2D eigenvalue weighted by atomic mass is 9.99. The average molecular weight is 363 g/mol. The van der Waals surface area contributed by atoms with Gasteiger partial charge in [0.2, 0.25) is 10.0 Å². The van der Waals surface area contributed by atoms with Crippen LogP contribution >= 0.6 is 0 Å². The summed E-state index contributed by atoms with van der Waals surface area (Å²) in [7, 11) is -3.60. The first kappa shape index (κ1) is 16.8. The Hall–Kier alpha value is -1.60. The van der Waals surface area contributed by atoms with E-state index in [2.05, 4.69) is 21.0 Å². The smallest absolute Gasteiger partial charge is 0.307 e. The van der Waals surface area contributed by atoms with Gasteiger partial charge in [-0.05, 0) is 80.3 Å². The minimum atomic E-state index is -3.60. The van der Waals surface area contributed by atoms with Crippen molar-refractivity contribution < 1.29 is 13.2 Å². The summed E-state index contributed by atoms with van der Waals surface area (Å²) in [5.41, 5.74) is 5.91. The van der Waals surface area contributed by atoms with Gasteiger partial charge in [-0.1, -0.05) is 6.07 Å². The maximum absolute atomic E-state index is 12.3. The second-order valence-electron chi connectivity index (χ2n) is 7.30. The Kier molecular flexibility index (Phi) is 4.45. The number of urea groups is 1. The van der Waals surface area contributed by atoms with Gasteiger partial charge in [0.15, 0.2) is 0 Å². The molecule has 1 aromatic carbocycles. The Balaban J connectivity index is 1.46. The van der Waals surface area contributed by atoms with Crippen molar-refractivity contribution >= 4 is 21.7 Å². The van der Waals surface area contributed by atoms with E-state index in [4.69, 9.17) is 0 Å². The third-order valence-electron chi connectivity index (χ3n) is 5.58. The first-order valence-electron chi connectivity index (χ1n) is 9.22. The molecule has 0 radical (unpaired) electrons. The van der Waals surface area contributed by atoms with Crippen molar-refractivity contribution in [2.75, 3.05) is 30.7 Å². The van der Waals surface area contributed by atoms with Crippen molar-refractivity contribution in [2.45, 2.75) is 44.9 Å². The zero-order valence-corrected chi connectivity index (χ0v) is 15.3. The van der Waals surface area contributed by atoms with Crippen molar-refractivity contribution in [2.24, 2.45) is 0 Å². The van der Waals surface area contributed by atoms with Gasteiger partial charge >= 0.3 is 6.03 Å². The monoisotopic (exact) mass is 363 g/mol. The Labute approximate surface area is 149 Å². The van der Waals surface area contributed by atoms with E-state index in [1.54, 1.807) is 0 Å². The summed E-state index contributed by atoms with van der Waals surface area (Å²) in [6, 6.07) is 1.66. The van der Waals surface area contributed by atoms with Crippen LogP contribution in [0.15, 0.2) is 6.07 Å². The van der Waals surface area contributed by atoms with E-state index in [9.17, 15) is 13.2 Å². The predicted molar refractivity (Wildman–Crippen MR) is 97.5 cm³/mol. The van der Waals surface area contributed by atoms with E-state index in [0.29, 0.717) is 6.54 Å². The van der Waals surface area contributed by atoms with Crippen molar-refractivity contribution in [3.63, 3.8) is 0 Å². The van der Waals surface area contributed by atoms with Gasteiger partial charge in [0.1, 0.15) is 0 Å². The first-order chi connectivity index (χ1) is 12.0. The number of benzene rings is 1. The zero-order chi connectivity index (χ0) is 17.4. The molecule has 1 saturated heterocycles. The number of amides is 2. The number of rotatable bonds is 5. The third-order valence-corrected chi connectivity index (χ3v) is 6.80. The Morgan fingerprint density at radius 3 is 2.20 bits per heavy atom. The summed E-state index contributed by atoms with van der Waals surface area (Å²) in [5, 5.41) is 2.87. The normalized spacial score (nSPS) is 19.2. The number of likely N-dealkylation sites (tertiary alicyclic amines) is 1. The van der Waals surface area contributed by atoms with Crippen LogP contribution in [0.1, 0.15) is 41.5 Å². The van der Waals surface area contributed by atoms with Crippen molar-refractivity contribution in [3.8, 4) is 0 Å². The number of carbonyl (C=O) groups is 1. The predicted octanol–water partition coefficient (Wildman–Crippen LogP) is 1.82. The average Bonchev–Trinajstić information content (AvgIpc) is 3.12. The lowest BCUT2D eigenvalue weighted by Gasteiger charge is -2.30. The Morgan fingerprint density at radius 2 is 1.64 bits per heavy atom. The number of hydrogen-bond acceptors (Lipinski definition) is 4. The highest BCUT2D eigenvalue weighted by atomic mass is 32.2. The SMILES string of the molecule is O=C(Nc1c2c(cc3c1CCC3)CCC2)NS(=O)(=O)CCN1CCC1. The summed E-state index contributed by atoms with van der Waals surface area (Å²) in [4.78, 5) is 14.4. The molecule has 2 amide bonds. The fourth-order valence-corrected chi connectivity index (χ4v) is 5.09. The molecule has 0 saturated carbocycles. The summed E-state index contributed by atoms with van der Waals surface area (Å²) in [6.45, 7) is 2.38. The number of nitrogens with one attached hydrogen (secondary N) is 2. The van der Waals surface area contributed by atoms with Crippen LogP contribution in [0, 0.1) is 0 Å². The number of anilines is 1. The molecule has 1 aliphatic heterocycles. The third kappa shape index (κ3) is 3.53. The molecule has 2 N–H and O–H groups in total. The van der Waals surface area contributed by atoms with Crippen LogP contribution in [-0.4, -0.2) is 44.7 Å².